The number of hydrogen-bond acceptors (Lipinski definition) is 5. The highest BCUT2D eigenvalue weighted by atomic mass is 32.2. The topological polar surface area (TPSA) is 98.2 Å². The minimum atomic E-state index is -3.72. The average Bonchev–Trinajstić information content (AvgIpc) is 2.83. The highest BCUT2D eigenvalue weighted by Gasteiger charge is 2.12. The Bertz CT molecular complexity index is 682. The second-order valence-electron chi connectivity index (χ2n) is 4.68. The van der Waals surface area contributed by atoms with Crippen LogP contribution in [0.4, 0.5) is 11.4 Å². The van der Waals surface area contributed by atoms with E-state index < -0.39 is 10.0 Å². The minimum absolute atomic E-state index is 0.0527. The molecule has 108 valence electrons. The molecule has 0 spiro atoms. The lowest BCUT2D eigenvalue weighted by Gasteiger charge is -2.17. The van der Waals surface area contributed by atoms with Crippen LogP contribution in [0.15, 0.2) is 39.9 Å². The van der Waals surface area contributed by atoms with Gasteiger partial charge >= 0.3 is 0 Å². The zero-order valence-corrected chi connectivity index (χ0v) is 12.7. The summed E-state index contributed by atoms with van der Waals surface area (Å²) in [5.74, 6) is 0. The first-order valence-electron chi connectivity index (χ1n) is 6.06. The van der Waals surface area contributed by atoms with E-state index >= 15 is 0 Å². The Morgan fingerprint density at radius 2 is 2.10 bits per heavy atom. The first-order valence-corrected chi connectivity index (χ1v) is 8.55. The van der Waals surface area contributed by atoms with Gasteiger partial charge in [0.2, 0.25) is 10.0 Å². The molecule has 0 fully saturated rings. The van der Waals surface area contributed by atoms with E-state index in [2.05, 4.69) is 16.8 Å². The molecule has 20 heavy (non-hydrogen) atoms. The van der Waals surface area contributed by atoms with E-state index in [9.17, 15) is 8.42 Å². The normalized spacial score (nSPS) is 13.1. The van der Waals surface area contributed by atoms with Gasteiger partial charge in [-0.05, 0) is 53.9 Å². The number of hydrogen-bond donors (Lipinski definition) is 3. The summed E-state index contributed by atoms with van der Waals surface area (Å²) in [4.78, 5) is 0.0527. The Kier molecular flexibility index (Phi) is 4.32. The maximum absolute atomic E-state index is 11.3. The molecule has 0 aliphatic heterocycles. The molecule has 2 rings (SSSR count). The van der Waals surface area contributed by atoms with E-state index in [1.165, 1.54) is 17.7 Å². The summed E-state index contributed by atoms with van der Waals surface area (Å²) in [5.41, 5.74) is 8.17. The third kappa shape index (κ3) is 3.72. The van der Waals surface area contributed by atoms with Crippen LogP contribution in [0.3, 0.4) is 0 Å². The molecule has 0 bridgehead atoms. The molecular weight excluding hydrogens is 294 g/mol. The van der Waals surface area contributed by atoms with Gasteiger partial charge in [-0.25, -0.2) is 13.6 Å². The number of rotatable bonds is 5. The molecule has 5 nitrogen and oxygen atoms in total. The molecule has 1 aromatic carbocycles. The Labute approximate surface area is 122 Å². The van der Waals surface area contributed by atoms with Crippen molar-refractivity contribution in [2.24, 2.45) is 5.14 Å². The molecule has 1 heterocycles. The number of nitrogens with two attached hydrogens (primary N) is 2. The molecule has 7 heteroatoms. The molecule has 0 amide bonds. The summed E-state index contributed by atoms with van der Waals surface area (Å²) in [7, 11) is -3.72. The molecule has 2 aromatic rings. The van der Waals surface area contributed by atoms with Gasteiger partial charge in [0.1, 0.15) is 0 Å². The van der Waals surface area contributed by atoms with Gasteiger partial charge in [0, 0.05) is 6.04 Å². The molecule has 0 saturated heterocycles. The number of primary sulfonamides is 1. The number of nitrogens with one attached hydrogen (secondary N) is 1. The van der Waals surface area contributed by atoms with Crippen molar-refractivity contribution in [2.45, 2.75) is 24.3 Å². The fourth-order valence-electron chi connectivity index (χ4n) is 1.92. The molecule has 1 aromatic heterocycles. The zero-order valence-electron chi connectivity index (χ0n) is 11.0. The summed E-state index contributed by atoms with van der Waals surface area (Å²) in [5, 5.41) is 12.5. The van der Waals surface area contributed by atoms with Gasteiger partial charge in [0.15, 0.2) is 0 Å². The van der Waals surface area contributed by atoms with Crippen molar-refractivity contribution in [3.8, 4) is 0 Å². The van der Waals surface area contributed by atoms with Gasteiger partial charge < -0.3 is 11.1 Å². The van der Waals surface area contributed by atoms with Crippen molar-refractivity contribution >= 4 is 32.7 Å². The second-order valence-corrected chi connectivity index (χ2v) is 7.02. The van der Waals surface area contributed by atoms with Crippen LogP contribution in [0.1, 0.15) is 12.5 Å². The van der Waals surface area contributed by atoms with Gasteiger partial charge in [-0.15, -0.1) is 0 Å². The van der Waals surface area contributed by atoms with Crippen LogP contribution in [-0.2, 0) is 16.4 Å². The fraction of sp³-hybridized carbons (Fsp3) is 0.231. The average molecular weight is 311 g/mol. The van der Waals surface area contributed by atoms with Crippen LogP contribution < -0.4 is 16.2 Å². The van der Waals surface area contributed by atoms with Crippen LogP contribution in [0.5, 0.6) is 0 Å². The van der Waals surface area contributed by atoms with E-state index in [-0.39, 0.29) is 10.9 Å². The van der Waals surface area contributed by atoms with Crippen molar-refractivity contribution in [3.63, 3.8) is 0 Å². The second kappa shape index (κ2) is 5.82. The SMILES string of the molecule is CC(Cc1ccsc1)Nc1cc(S(N)(=O)=O)ccc1N. The molecule has 0 radical (unpaired) electrons. The molecule has 1 atom stereocenters. The molecule has 0 aliphatic rings. The zero-order chi connectivity index (χ0) is 14.8. The number of nitrogen functional groups attached to an aromatic ring is 1. The van der Waals surface area contributed by atoms with Crippen molar-refractivity contribution in [1.29, 1.82) is 0 Å². The third-order valence-electron chi connectivity index (χ3n) is 2.88. The van der Waals surface area contributed by atoms with E-state index in [1.807, 2.05) is 12.3 Å². The summed E-state index contributed by atoms with van der Waals surface area (Å²) < 4.78 is 22.7. The van der Waals surface area contributed by atoms with Crippen LogP contribution in [0, 0.1) is 0 Å². The van der Waals surface area contributed by atoms with E-state index in [0.29, 0.717) is 11.4 Å². The minimum Gasteiger partial charge on any atom is -0.397 e. The Balaban J connectivity index is 2.16. The smallest absolute Gasteiger partial charge is 0.238 e. The lowest BCUT2D eigenvalue weighted by molar-refractivity contribution is 0.598. The molecule has 5 N–H and O–H groups in total. The van der Waals surface area contributed by atoms with Crippen LogP contribution in [0.2, 0.25) is 0 Å². The molecule has 0 aliphatic carbocycles. The van der Waals surface area contributed by atoms with Crippen molar-refractivity contribution < 1.29 is 8.42 Å². The van der Waals surface area contributed by atoms with Crippen LogP contribution >= 0.6 is 11.3 Å². The van der Waals surface area contributed by atoms with E-state index in [4.69, 9.17) is 10.9 Å². The third-order valence-corrected chi connectivity index (χ3v) is 4.52. The van der Waals surface area contributed by atoms with Crippen LogP contribution in [0.25, 0.3) is 0 Å². The predicted molar refractivity (Wildman–Crippen MR) is 83.3 cm³/mol. The fourth-order valence-corrected chi connectivity index (χ4v) is 3.14. The quantitative estimate of drug-likeness (QED) is 0.736. The Morgan fingerprint density at radius 1 is 1.35 bits per heavy atom. The van der Waals surface area contributed by atoms with Crippen molar-refractivity contribution in [2.75, 3.05) is 11.1 Å². The first kappa shape index (κ1) is 14.8. The van der Waals surface area contributed by atoms with Crippen molar-refractivity contribution in [3.05, 3.63) is 40.6 Å². The summed E-state index contributed by atoms with van der Waals surface area (Å²) in [6.45, 7) is 2.01. The van der Waals surface area contributed by atoms with Gasteiger partial charge in [0.25, 0.3) is 0 Å². The van der Waals surface area contributed by atoms with Crippen molar-refractivity contribution in [1.82, 2.24) is 0 Å². The largest absolute Gasteiger partial charge is 0.397 e. The van der Waals surface area contributed by atoms with Gasteiger partial charge in [0.05, 0.1) is 16.3 Å². The standard InChI is InChI=1S/C13H17N3O2S2/c1-9(6-10-4-5-19-8-10)16-13-7-11(20(15,17)18)2-3-12(13)14/h2-5,7-9,16H,6,14H2,1H3,(H2,15,17,18). The monoisotopic (exact) mass is 311 g/mol. The van der Waals surface area contributed by atoms with Crippen LogP contribution in [-0.4, -0.2) is 14.5 Å². The number of sulfonamides is 1. The number of thiophene rings is 1. The number of benzene rings is 1. The maximum atomic E-state index is 11.3. The van der Waals surface area contributed by atoms with Gasteiger partial charge in [-0.2, -0.15) is 11.3 Å². The van der Waals surface area contributed by atoms with Gasteiger partial charge in [-0.3, -0.25) is 0 Å². The highest BCUT2D eigenvalue weighted by molar-refractivity contribution is 7.89. The Hall–Kier alpha value is -1.57. The molecular formula is C13H17N3O2S2. The molecule has 0 saturated carbocycles. The maximum Gasteiger partial charge on any atom is 0.238 e. The summed E-state index contributed by atoms with van der Waals surface area (Å²) in [6.07, 6.45) is 0.836. The summed E-state index contributed by atoms with van der Waals surface area (Å²) >= 11 is 1.65. The number of anilines is 2. The van der Waals surface area contributed by atoms with E-state index in [0.717, 1.165) is 6.42 Å². The lowest BCUT2D eigenvalue weighted by Crippen LogP contribution is -2.19. The van der Waals surface area contributed by atoms with E-state index in [1.54, 1.807) is 17.4 Å². The summed E-state index contributed by atoms with van der Waals surface area (Å²) in [6, 6.07) is 6.60. The van der Waals surface area contributed by atoms with Gasteiger partial charge in [-0.1, -0.05) is 0 Å². The Morgan fingerprint density at radius 3 is 2.70 bits per heavy atom. The lowest BCUT2D eigenvalue weighted by atomic mass is 10.1. The predicted octanol–water partition coefficient (Wildman–Crippen LogP) is 2.02. The molecule has 1 unspecified atom stereocenters. The highest BCUT2D eigenvalue weighted by Crippen LogP contribution is 2.23. The first-order chi connectivity index (χ1) is 9.36.